The number of hydrogen-bond donors (Lipinski definition) is 1. The van der Waals surface area contributed by atoms with Gasteiger partial charge in [0.2, 0.25) is 0 Å². The number of aromatic nitrogens is 1. The van der Waals surface area contributed by atoms with Gasteiger partial charge in [-0.15, -0.1) is 0 Å². The Morgan fingerprint density at radius 3 is 2.29 bits per heavy atom. The van der Waals surface area contributed by atoms with Gasteiger partial charge in [0.05, 0.1) is 6.61 Å². The van der Waals surface area contributed by atoms with Crippen molar-refractivity contribution in [2.75, 3.05) is 5.32 Å². The minimum Gasteiger partial charge on any atom is -0.444 e. The molecule has 0 aliphatic heterocycles. The Kier molecular flexibility index (Phi) is 6.47. The molecule has 0 aliphatic rings. The second kappa shape index (κ2) is 7.41. The lowest BCUT2D eigenvalue weighted by atomic mass is 10.2. The van der Waals surface area contributed by atoms with Crippen LogP contribution in [0.5, 0.6) is 0 Å². The third-order valence-electron chi connectivity index (χ3n) is 3.89. The number of ether oxygens (including phenoxy) is 1. The minimum absolute atomic E-state index is 0.126. The molecular formula is C17H29ClN2O3Si. The van der Waals surface area contributed by atoms with E-state index < -0.39 is 20.0 Å². The Morgan fingerprint density at radius 2 is 1.79 bits per heavy atom. The second-order valence-electron chi connectivity index (χ2n) is 8.36. The number of halogens is 1. The molecule has 1 heterocycles. The zero-order valence-electron chi connectivity index (χ0n) is 15.9. The fourth-order valence-electron chi connectivity index (χ4n) is 1.59. The van der Waals surface area contributed by atoms with Crippen molar-refractivity contribution in [2.45, 2.75) is 71.9 Å². The van der Waals surface area contributed by atoms with Crippen LogP contribution in [0.2, 0.25) is 23.3 Å². The quantitative estimate of drug-likeness (QED) is 0.551. The van der Waals surface area contributed by atoms with Crippen LogP contribution >= 0.6 is 11.6 Å². The zero-order chi connectivity index (χ0) is 18.8. The van der Waals surface area contributed by atoms with Crippen molar-refractivity contribution in [3.63, 3.8) is 0 Å². The summed E-state index contributed by atoms with van der Waals surface area (Å²) in [5, 5.41) is 3.04. The monoisotopic (exact) mass is 372 g/mol. The molecule has 0 aromatic carbocycles. The lowest BCUT2D eigenvalue weighted by Gasteiger charge is -2.36. The molecule has 5 nitrogen and oxygen atoms in total. The summed E-state index contributed by atoms with van der Waals surface area (Å²) >= 11 is 6.06. The van der Waals surface area contributed by atoms with Crippen LogP contribution in [0.1, 0.15) is 47.1 Å². The molecule has 0 radical (unpaired) electrons. The Hall–Kier alpha value is -1.11. The third-order valence-corrected chi connectivity index (χ3v) is 8.56. The van der Waals surface area contributed by atoms with Gasteiger partial charge >= 0.3 is 6.09 Å². The van der Waals surface area contributed by atoms with Gasteiger partial charge < -0.3 is 9.16 Å². The van der Waals surface area contributed by atoms with Gasteiger partial charge in [-0.3, -0.25) is 5.32 Å². The lowest BCUT2D eigenvalue weighted by Crippen LogP contribution is -2.40. The molecule has 0 saturated carbocycles. The Morgan fingerprint density at radius 1 is 1.21 bits per heavy atom. The number of pyridine rings is 1. The summed E-state index contributed by atoms with van der Waals surface area (Å²) in [6.07, 6.45) is -0.562. The first kappa shape index (κ1) is 20.9. The van der Waals surface area contributed by atoms with E-state index in [0.717, 1.165) is 5.56 Å². The van der Waals surface area contributed by atoms with Crippen LogP contribution in [0.4, 0.5) is 10.6 Å². The highest BCUT2D eigenvalue weighted by Gasteiger charge is 2.37. The van der Waals surface area contributed by atoms with Gasteiger partial charge in [0.25, 0.3) is 0 Å². The molecule has 0 saturated heterocycles. The fraction of sp³-hybridized carbons (Fsp3) is 0.647. The van der Waals surface area contributed by atoms with Gasteiger partial charge in [-0.25, -0.2) is 9.78 Å². The van der Waals surface area contributed by atoms with Gasteiger partial charge in [-0.05, 0) is 56.6 Å². The van der Waals surface area contributed by atoms with E-state index in [-0.39, 0.29) is 5.04 Å². The third kappa shape index (κ3) is 6.79. The number of nitrogens with one attached hydrogen (secondary N) is 1. The van der Waals surface area contributed by atoms with Crippen molar-refractivity contribution < 1.29 is 14.0 Å². The van der Waals surface area contributed by atoms with Gasteiger partial charge in [0, 0.05) is 0 Å². The average molecular weight is 373 g/mol. The molecule has 24 heavy (non-hydrogen) atoms. The molecule has 0 fully saturated rings. The van der Waals surface area contributed by atoms with Gasteiger partial charge in [-0.2, -0.15) is 0 Å². The van der Waals surface area contributed by atoms with Crippen molar-refractivity contribution in [1.29, 1.82) is 0 Å². The predicted octanol–water partition coefficient (Wildman–Crippen LogP) is 5.60. The summed E-state index contributed by atoms with van der Waals surface area (Å²) in [4.78, 5) is 16.0. The van der Waals surface area contributed by atoms with Gasteiger partial charge in [0.1, 0.15) is 16.6 Å². The van der Waals surface area contributed by atoms with Crippen LogP contribution in [0.3, 0.4) is 0 Å². The Labute approximate surface area is 151 Å². The van der Waals surface area contributed by atoms with Crippen LogP contribution in [-0.4, -0.2) is 25.0 Å². The van der Waals surface area contributed by atoms with E-state index in [0.29, 0.717) is 17.6 Å². The summed E-state index contributed by atoms with van der Waals surface area (Å²) in [6.45, 7) is 16.8. The molecule has 0 atom stereocenters. The first-order chi connectivity index (χ1) is 10.7. The molecule has 0 aliphatic carbocycles. The largest absolute Gasteiger partial charge is 0.444 e. The van der Waals surface area contributed by atoms with Gasteiger partial charge in [-0.1, -0.05) is 32.4 Å². The molecule has 1 N–H and O–H groups in total. The molecule has 1 amide bonds. The van der Waals surface area contributed by atoms with E-state index in [4.69, 9.17) is 20.8 Å². The maximum absolute atomic E-state index is 11.9. The predicted molar refractivity (Wildman–Crippen MR) is 101 cm³/mol. The van der Waals surface area contributed by atoms with Crippen molar-refractivity contribution in [2.24, 2.45) is 0 Å². The zero-order valence-corrected chi connectivity index (χ0v) is 17.7. The average Bonchev–Trinajstić information content (AvgIpc) is 2.31. The SMILES string of the molecule is CC(C)(C)OC(=O)Nc1cc(CO[Si](C)(C)C(C)(C)C)cc(Cl)n1. The molecule has 0 spiro atoms. The number of rotatable bonds is 4. The van der Waals surface area contributed by atoms with E-state index >= 15 is 0 Å². The van der Waals surface area contributed by atoms with Crippen LogP contribution in [0, 0.1) is 0 Å². The number of carbonyl (C=O) groups excluding carboxylic acids is 1. The van der Waals surface area contributed by atoms with Crippen molar-refractivity contribution in [1.82, 2.24) is 4.98 Å². The van der Waals surface area contributed by atoms with E-state index in [9.17, 15) is 4.79 Å². The second-order valence-corrected chi connectivity index (χ2v) is 13.6. The molecule has 1 aromatic heterocycles. The van der Waals surface area contributed by atoms with Crippen LogP contribution < -0.4 is 5.32 Å². The fourth-order valence-corrected chi connectivity index (χ4v) is 2.78. The summed E-state index contributed by atoms with van der Waals surface area (Å²) in [6, 6.07) is 3.50. The highest BCUT2D eigenvalue weighted by Crippen LogP contribution is 2.37. The van der Waals surface area contributed by atoms with Crippen LogP contribution in [0.25, 0.3) is 0 Å². The molecule has 1 aromatic rings. The lowest BCUT2D eigenvalue weighted by molar-refractivity contribution is 0.0635. The maximum Gasteiger partial charge on any atom is 0.413 e. The Bertz CT molecular complexity index is 592. The summed E-state index contributed by atoms with van der Waals surface area (Å²) < 4.78 is 11.4. The van der Waals surface area contributed by atoms with Crippen molar-refractivity contribution >= 4 is 31.8 Å². The van der Waals surface area contributed by atoms with Crippen LogP contribution in [0.15, 0.2) is 12.1 Å². The first-order valence-corrected chi connectivity index (χ1v) is 11.3. The molecule has 7 heteroatoms. The highest BCUT2D eigenvalue weighted by molar-refractivity contribution is 6.74. The summed E-state index contributed by atoms with van der Waals surface area (Å²) in [7, 11) is -1.86. The molecule has 0 unspecified atom stereocenters. The molecule has 0 bridgehead atoms. The van der Waals surface area contributed by atoms with Crippen molar-refractivity contribution in [3.05, 3.63) is 22.8 Å². The number of amides is 1. The number of carbonyl (C=O) groups is 1. The smallest absolute Gasteiger partial charge is 0.413 e. The molecule has 1 rings (SSSR count). The minimum atomic E-state index is -1.86. The van der Waals surface area contributed by atoms with E-state index in [2.05, 4.69) is 44.2 Å². The Balaban J connectivity index is 2.82. The highest BCUT2D eigenvalue weighted by atomic mass is 35.5. The summed E-state index contributed by atoms with van der Waals surface area (Å²) in [5.74, 6) is 0.352. The van der Waals surface area contributed by atoms with E-state index in [1.807, 2.05) is 0 Å². The summed E-state index contributed by atoms with van der Waals surface area (Å²) in [5.41, 5.74) is 0.294. The van der Waals surface area contributed by atoms with Crippen molar-refractivity contribution in [3.8, 4) is 0 Å². The normalized spacial score (nSPS) is 12.9. The molecular weight excluding hydrogens is 344 g/mol. The topological polar surface area (TPSA) is 60.5 Å². The number of nitrogens with zero attached hydrogens (tertiary/aromatic N) is 1. The number of hydrogen-bond acceptors (Lipinski definition) is 4. The van der Waals surface area contributed by atoms with E-state index in [1.54, 1.807) is 32.9 Å². The van der Waals surface area contributed by atoms with Gasteiger partial charge in [0.15, 0.2) is 8.32 Å². The van der Waals surface area contributed by atoms with Crippen LogP contribution in [-0.2, 0) is 15.8 Å². The van der Waals surface area contributed by atoms with E-state index in [1.165, 1.54) is 0 Å². The number of anilines is 1. The maximum atomic E-state index is 11.9. The molecule has 136 valence electrons. The first-order valence-electron chi connectivity index (χ1n) is 8.00. The standard InChI is InChI=1S/C17H29ClN2O3Si/c1-16(2,3)23-15(21)20-14-10-12(9-13(18)19-14)11-22-24(7,8)17(4,5)6/h9-10H,11H2,1-8H3,(H,19,20,21).